The topological polar surface area (TPSA) is 66.4 Å². The molecule has 1 aromatic heterocycles. The highest BCUT2D eigenvalue weighted by Gasteiger charge is 2.28. The van der Waals surface area contributed by atoms with Gasteiger partial charge in [0.25, 0.3) is 0 Å². The Hall–Kier alpha value is -1.77. The van der Waals surface area contributed by atoms with E-state index in [2.05, 4.69) is 9.88 Å². The van der Waals surface area contributed by atoms with Crippen LogP contribution in [-0.2, 0) is 16.4 Å². The Labute approximate surface area is 183 Å². The van der Waals surface area contributed by atoms with E-state index < -0.39 is 10.0 Å². The second kappa shape index (κ2) is 9.16. The summed E-state index contributed by atoms with van der Waals surface area (Å²) in [4.78, 5) is 11.5. The third kappa shape index (κ3) is 4.76. The maximum Gasteiger partial charge on any atom is 0.213 e. The third-order valence-corrected chi connectivity index (χ3v) is 7.67. The highest BCUT2D eigenvalue weighted by molar-refractivity contribution is 7.89. The number of anilines is 1. The number of nitrogens with zero attached hydrogens (tertiary/aromatic N) is 4. The van der Waals surface area contributed by atoms with Crippen LogP contribution in [-0.4, -0.2) is 54.6 Å². The minimum absolute atomic E-state index is 0.0914. The molecule has 2 heterocycles. The highest BCUT2D eigenvalue weighted by Crippen LogP contribution is 2.30. The van der Waals surface area contributed by atoms with Gasteiger partial charge in [-0.1, -0.05) is 31.5 Å². The van der Waals surface area contributed by atoms with E-state index in [9.17, 15) is 12.8 Å². The van der Waals surface area contributed by atoms with Gasteiger partial charge in [0.05, 0.1) is 5.75 Å². The van der Waals surface area contributed by atoms with Crippen LogP contribution in [0.5, 0.6) is 0 Å². The smallest absolute Gasteiger partial charge is 0.213 e. The average Bonchev–Trinajstić information content (AvgIpc) is 2.71. The molecule has 0 saturated carbocycles. The predicted octanol–water partition coefficient (Wildman–Crippen LogP) is 3.76. The normalized spacial score (nSPS) is 15.8. The molecule has 9 heteroatoms. The van der Waals surface area contributed by atoms with Crippen molar-refractivity contribution in [1.82, 2.24) is 14.3 Å². The lowest BCUT2D eigenvalue weighted by atomic mass is 10.0. The molecule has 0 spiro atoms. The van der Waals surface area contributed by atoms with E-state index in [1.807, 2.05) is 20.8 Å². The van der Waals surface area contributed by atoms with Crippen LogP contribution in [0.2, 0.25) is 5.02 Å². The SMILES string of the molecule is CCS(=O)(=O)N1CCN(c2nc(C(C)C)nc(C)c2Cc2c(F)cccc2Cl)CC1. The van der Waals surface area contributed by atoms with E-state index in [-0.39, 0.29) is 23.9 Å². The Morgan fingerprint density at radius 2 is 1.80 bits per heavy atom. The molecule has 0 amide bonds. The molecule has 0 aliphatic carbocycles. The zero-order chi connectivity index (χ0) is 22.1. The summed E-state index contributed by atoms with van der Waals surface area (Å²) in [7, 11) is -3.22. The number of aryl methyl sites for hydroxylation is 1. The van der Waals surface area contributed by atoms with Gasteiger partial charge >= 0.3 is 0 Å². The molecular formula is C21H28ClFN4O2S. The van der Waals surface area contributed by atoms with Crippen LogP contribution in [0.1, 0.15) is 49.3 Å². The number of benzene rings is 1. The summed E-state index contributed by atoms with van der Waals surface area (Å²) in [6.07, 6.45) is 0.276. The van der Waals surface area contributed by atoms with Gasteiger partial charge < -0.3 is 4.90 Å². The first-order chi connectivity index (χ1) is 14.1. The van der Waals surface area contributed by atoms with E-state index in [4.69, 9.17) is 16.6 Å². The molecule has 1 fully saturated rings. The van der Waals surface area contributed by atoms with Gasteiger partial charge in [0.1, 0.15) is 17.5 Å². The van der Waals surface area contributed by atoms with Gasteiger partial charge in [-0.3, -0.25) is 0 Å². The summed E-state index contributed by atoms with van der Waals surface area (Å²) in [5.74, 6) is 1.32. The first-order valence-electron chi connectivity index (χ1n) is 10.2. The summed E-state index contributed by atoms with van der Waals surface area (Å²) in [6, 6.07) is 4.65. The van der Waals surface area contributed by atoms with Gasteiger partial charge in [-0.15, -0.1) is 0 Å². The fourth-order valence-electron chi connectivity index (χ4n) is 3.57. The summed E-state index contributed by atoms with van der Waals surface area (Å²) in [5.41, 5.74) is 2.02. The second-order valence-electron chi connectivity index (χ2n) is 7.79. The van der Waals surface area contributed by atoms with Gasteiger partial charge in [-0.2, -0.15) is 4.31 Å². The van der Waals surface area contributed by atoms with Crippen LogP contribution < -0.4 is 4.90 Å². The molecular weight excluding hydrogens is 427 g/mol. The van der Waals surface area contributed by atoms with Crippen LogP contribution in [0, 0.1) is 12.7 Å². The number of sulfonamides is 1. The van der Waals surface area contributed by atoms with Gasteiger partial charge in [0.15, 0.2) is 0 Å². The predicted molar refractivity (Wildman–Crippen MR) is 118 cm³/mol. The second-order valence-corrected chi connectivity index (χ2v) is 10.5. The fourth-order valence-corrected chi connectivity index (χ4v) is 4.88. The number of aromatic nitrogens is 2. The molecule has 6 nitrogen and oxygen atoms in total. The minimum atomic E-state index is -3.22. The lowest BCUT2D eigenvalue weighted by molar-refractivity contribution is 0.384. The number of rotatable bonds is 6. The largest absolute Gasteiger partial charge is 0.354 e. The van der Waals surface area contributed by atoms with E-state index >= 15 is 0 Å². The lowest BCUT2D eigenvalue weighted by Crippen LogP contribution is -2.49. The zero-order valence-corrected chi connectivity index (χ0v) is 19.4. The van der Waals surface area contributed by atoms with Crippen LogP contribution in [0.4, 0.5) is 10.2 Å². The summed E-state index contributed by atoms with van der Waals surface area (Å²) < 4.78 is 40.4. The zero-order valence-electron chi connectivity index (χ0n) is 17.8. The first kappa shape index (κ1) is 22.9. The Kier molecular flexibility index (Phi) is 6.99. The van der Waals surface area contributed by atoms with Crippen molar-refractivity contribution >= 4 is 27.4 Å². The standard InChI is InChI=1S/C21H28ClFN4O2S/c1-5-30(28,29)27-11-9-26(10-12-27)21-16(15(4)24-20(25-21)14(2)3)13-17-18(22)7-6-8-19(17)23/h6-8,14H,5,9-13H2,1-4H3. The Balaban J connectivity index is 1.98. The molecule has 3 rings (SSSR count). The van der Waals surface area contributed by atoms with Gasteiger partial charge in [-0.05, 0) is 26.0 Å². The molecule has 2 aromatic rings. The quantitative estimate of drug-likeness (QED) is 0.664. The maximum absolute atomic E-state index is 14.5. The summed E-state index contributed by atoms with van der Waals surface area (Å²) >= 11 is 6.27. The van der Waals surface area contributed by atoms with Crippen molar-refractivity contribution in [3.8, 4) is 0 Å². The Morgan fingerprint density at radius 1 is 1.13 bits per heavy atom. The molecule has 0 unspecified atom stereocenters. The van der Waals surface area contributed by atoms with Crippen molar-refractivity contribution in [2.24, 2.45) is 0 Å². The van der Waals surface area contributed by atoms with Crippen LogP contribution in [0.15, 0.2) is 18.2 Å². The van der Waals surface area contributed by atoms with Crippen molar-refractivity contribution < 1.29 is 12.8 Å². The molecule has 0 radical (unpaired) electrons. The first-order valence-corrected chi connectivity index (χ1v) is 12.2. The molecule has 1 saturated heterocycles. The molecule has 1 aliphatic heterocycles. The van der Waals surface area contributed by atoms with Crippen LogP contribution >= 0.6 is 11.6 Å². The average molecular weight is 455 g/mol. The van der Waals surface area contributed by atoms with Crippen molar-refractivity contribution in [2.75, 3.05) is 36.8 Å². The van der Waals surface area contributed by atoms with Gasteiger partial charge in [0.2, 0.25) is 10.0 Å². The van der Waals surface area contributed by atoms with Crippen LogP contribution in [0.25, 0.3) is 0 Å². The monoisotopic (exact) mass is 454 g/mol. The summed E-state index contributed by atoms with van der Waals surface area (Å²) in [6.45, 7) is 9.44. The molecule has 0 atom stereocenters. The molecule has 30 heavy (non-hydrogen) atoms. The third-order valence-electron chi connectivity index (χ3n) is 5.44. The van der Waals surface area contributed by atoms with Gasteiger partial charge in [0, 0.05) is 60.4 Å². The van der Waals surface area contributed by atoms with E-state index in [0.717, 1.165) is 22.9 Å². The molecule has 1 aliphatic rings. The molecule has 164 valence electrons. The lowest BCUT2D eigenvalue weighted by Gasteiger charge is -2.36. The Morgan fingerprint density at radius 3 is 2.37 bits per heavy atom. The Bertz CT molecular complexity index is 1000. The van der Waals surface area contributed by atoms with Crippen molar-refractivity contribution in [3.05, 3.63) is 51.7 Å². The van der Waals surface area contributed by atoms with E-state index in [0.29, 0.717) is 36.8 Å². The van der Waals surface area contributed by atoms with E-state index in [1.165, 1.54) is 10.4 Å². The minimum Gasteiger partial charge on any atom is -0.354 e. The molecule has 1 aromatic carbocycles. The fraction of sp³-hybridized carbons (Fsp3) is 0.524. The molecule has 0 bridgehead atoms. The van der Waals surface area contributed by atoms with E-state index in [1.54, 1.807) is 19.1 Å². The van der Waals surface area contributed by atoms with Crippen LogP contribution in [0.3, 0.4) is 0 Å². The highest BCUT2D eigenvalue weighted by atomic mass is 35.5. The summed E-state index contributed by atoms with van der Waals surface area (Å²) in [5, 5.41) is 0.368. The number of halogens is 2. The maximum atomic E-state index is 14.5. The number of hydrogen-bond acceptors (Lipinski definition) is 5. The molecule has 0 N–H and O–H groups in total. The number of hydrogen-bond donors (Lipinski definition) is 0. The van der Waals surface area contributed by atoms with Crippen molar-refractivity contribution in [1.29, 1.82) is 0 Å². The van der Waals surface area contributed by atoms with Crippen molar-refractivity contribution in [3.63, 3.8) is 0 Å². The van der Waals surface area contributed by atoms with Gasteiger partial charge in [-0.25, -0.2) is 22.8 Å². The number of piperazine rings is 1. The van der Waals surface area contributed by atoms with Crippen molar-refractivity contribution in [2.45, 2.75) is 40.0 Å².